The molecule has 0 bridgehead atoms. The predicted molar refractivity (Wildman–Crippen MR) is 85.7 cm³/mol. The molecule has 0 aliphatic carbocycles. The monoisotopic (exact) mass is 301 g/mol. The maximum Gasteiger partial charge on any atom is 0.231 e. The highest BCUT2D eigenvalue weighted by molar-refractivity contribution is 7.11. The molecule has 0 atom stereocenters. The minimum absolute atomic E-state index is 0.00157. The molecule has 2 aromatic rings. The van der Waals surface area contributed by atoms with Crippen LogP contribution in [-0.4, -0.2) is 17.4 Å². The van der Waals surface area contributed by atoms with Gasteiger partial charge in [-0.1, -0.05) is 19.1 Å². The van der Waals surface area contributed by atoms with Gasteiger partial charge < -0.3 is 10.6 Å². The van der Waals surface area contributed by atoms with Crippen LogP contribution in [0, 0.1) is 0 Å². The number of carbonyl (C=O) groups excluding carboxylic acids is 1. The van der Waals surface area contributed by atoms with Crippen molar-refractivity contribution in [2.75, 3.05) is 11.9 Å². The summed E-state index contributed by atoms with van der Waals surface area (Å²) in [5.74, 6) is -0.00157. The van der Waals surface area contributed by atoms with Crippen molar-refractivity contribution >= 4 is 22.9 Å². The lowest BCUT2D eigenvalue weighted by Crippen LogP contribution is -2.22. The molecule has 4 nitrogen and oxygen atoms in total. The lowest BCUT2D eigenvalue weighted by Gasteiger charge is -2.09. The number of hydrogen-bond donors (Lipinski definition) is 2. The number of nitrogens with zero attached hydrogens (tertiary/aromatic N) is 1. The molecule has 0 spiro atoms. The van der Waals surface area contributed by atoms with Crippen molar-refractivity contribution in [3.05, 3.63) is 45.4 Å². The highest BCUT2D eigenvalue weighted by Crippen LogP contribution is 2.22. The smallest absolute Gasteiger partial charge is 0.231 e. The van der Waals surface area contributed by atoms with Gasteiger partial charge in [0.1, 0.15) is 5.01 Å². The van der Waals surface area contributed by atoms with Crippen LogP contribution in [0.25, 0.3) is 0 Å². The molecule has 1 amide bonds. The standard InChI is InChI=1S/C16H19N3OS/c1-2-11-3-5-12(6-4-11)18-15(20)9-16-19-13-7-8-17-10-14(13)21-16/h3-6,17H,2,7-10H2,1H3,(H,18,20). The van der Waals surface area contributed by atoms with E-state index in [0.29, 0.717) is 6.42 Å². The molecule has 0 fully saturated rings. The number of carbonyl (C=O) groups is 1. The van der Waals surface area contributed by atoms with E-state index < -0.39 is 0 Å². The zero-order valence-corrected chi connectivity index (χ0v) is 12.9. The van der Waals surface area contributed by atoms with Crippen LogP contribution in [0.4, 0.5) is 5.69 Å². The van der Waals surface area contributed by atoms with Crippen molar-refractivity contribution in [2.45, 2.75) is 32.7 Å². The topological polar surface area (TPSA) is 54.0 Å². The summed E-state index contributed by atoms with van der Waals surface area (Å²) < 4.78 is 0. The molecule has 1 aromatic carbocycles. The van der Waals surface area contributed by atoms with E-state index in [2.05, 4.69) is 22.5 Å². The second kappa shape index (κ2) is 6.37. The number of benzene rings is 1. The molecule has 0 saturated carbocycles. The summed E-state index contributed by atoms with van der Waals surface area (Å²) in [6.07, 6.45) is 2.33. The number of amides is 1. The highest BCUT2D eigenvalue weighted by atomic mass is 32.1. The summed E-state index contributed by atoms with van der Waals surface area (Å²) in [7, 11) is 0. The molecular formula is C16H19N3OS. The van der Waals surface area contributed by atoms with E-state index in [4.69, 9.17) is 0 Å². The minimum atomic E-state index is -0.00157. The van der Waals surface area contributed by atoms with Gasteiger partial charge >= 0.3 is 0 Å². The quantitative estimate of drug-likeness (QED) is 0.912. The van der Waals surface area contributed by atoms with E-state index in [1.165, 1.54) is 10.4 Å². The van der Waals surface area contributed by atoms with Crippen LogP contribution < -0.4 is 10.6 Å². The molecule has 21 heavy (non-hydrogen) atoms. The van der Waals surface area contributed by atoms with Gasteiger partial charge in [-0.05, 0) is 24.1 Å². The van der Waals surface area contributed by atoms with Gasteiger partial charge in [-0.2, -0.15) is 0 Å². The Bertz CT molecular complexity index is 610. The Morgan fingerprint density at radius 1 is 1.38 bits per heavy atom. The summed E-state index contributed by atoms with van der Waals surface area (Å²) in [6, 6.07) is 7.99. The van der Waals surface area contributed by atoms with E-state index in [9.17, 15) is 4.79 Å². The third-order valence-electron chi connectivity index (χ3n) is 3.60. The van der Waals surface area contributed by atoms with E-state index in [-0.39, 0.29) is 5.91 Å². The van der Waals surface area contributed by atoms with Crippen LogP contribution >= 0.6 is 11.3 Å². The SMILES string of the molecule is CCc1ccc(NC(=O)Cc2nc3c(s2)CNCC3)cc1. The van der Waals surface area contributed by atoms with Crippen LogP contribution in [-0.2, 0) is 30.6 Å². The molecular weight excluding hydrogens is 282 g/mol. The van der Waals surface area contributed by atoms with Crippen LogP contribution in [0.3, 0.4) is 0 Å². The first kappa shape index (κ1) is 14.2. The fraction of sp³-hybridized carbons (Fsp3) is 0.375. The third kappa shape index (κ3) is 3.49. The number of rotatable bonds is 4. The number of anilines is 1. The fourth-order valence-electron chi connectivity index (χ4n) is 2.42. The number of aryl methyl sites for hydroxylation is 1. The van der Waals surface area contributed by atoms with E-state index in [1.54, 1.807) is 11.3 Å². The Kier molecular flexibility index (Phi) is 4.31. The van der Waals surface area contributed by atoms with Gasteiger partial charge in [-0.3, -0.25) is 4.79 Å². The zero-order valence-electron chi connectivity index (χ0n) is 12.1. The predicted octanol–water partition coefficient (Wildman–Crippen LogP) is 2.53. The number of hydrogen-bond acceptors (Lipinski definition) is 4. The molecule has 1 aliphatic heterocycles. The summed E-state index contributed by atoms with van der Waals surface area (Å²) >= 11 is 1.65. The van der Waals surface area contributed by atoms with Crippen molar-refractivity contribution in [2.24, 2.45) is 0 Å². The zero-order chi connectivity index (χ0) is 14.7. The normalized spacial score (nSPS) is 13.8. The fourth-order valence-corrected chi connectivity index (χ4v) is 3.50. The number of thiazole rings is 1. The molecule has 1 aliphatic rings. The minimum Gasteiger partial charge on any atom is -0.326 e. The van der Waals surface area contributed by atoms with E-state index >= 15 is 0 Å². The van der Waals surface area contributed by atoms with Crippen LogP contribution in [0.2, 0.25) is 0 Å². The van der Waals surface area contributed by atoms with Crippen LogP contribution in [0.1, 0.15) is 28.1 Å². The molecule has 0 unspecified atom stereocenters. The summed E-state index contributed by atoms with van der Waals surface area (Å²) in [6.45, 7) is 3.98. The molecule has 5 heteroatoms. The van der Waals surface area contributed by atoms with Crippen LogP contribution in [0.5, 0.6) is 0 Å². The number of fused-ring (bicyclic) bond motifs is 1. The van der Waals surface area contributed by atoms with Crippen molar-refractivity contribution in [3.63, 3.8) is 0 Å². The molecule has 0 radical (unpaired) electrons. The first-order valence-electron chi connectivity index (χ1n) is 7.31. The number of nitrogens with one attached hydrogen (secondary N) is 2. The highest BCUT2D eigenvalue weighted by Gasteiger charge is 2.16. The maximum absolute atomic E-state index is 12.1. The number of aromatic nitrogens is 1. The second-order valence-corrected chi connectivity index (χ2v) is 6.35. The molecule has 0 saturated heterocycles. The average Bonchev–Trinajstić information content (AvgIpc) is 2.90. The third-order valence-corrected chi connectivity index (χ3v) is 4.70. The molecule has 2 N–H and O–H groups in total. The lowest BCUT2D eigenvalue weighted by molar-refractivity contribution is -0.115. The summed E-state index contributed by atoms with van der Waals surface area (Å²) in [5.41, 5.74) is 3.28. The largest absolute Gasteiger partial charge is 0.326 e. The van der Waals surface area contributed by atoms with Gasteiger partial charge in [-0.15, -0.1) is 11.3 Å². The van der Waals surface area contributed by atoms with Gasteiger partial charge in [0.15, 0.2) is 0 Å². The van der Waals surface area contributed by atoms with Crippen molar-refractivity contribution < 1.29 is 4.79 Å². The average molecular weight is 301 g/mol. The second-order valence-electron chi connectivity index (χ2n) is 5.18. The van der Waals surface area contributed by atoms with Crippen molar-refractivity contribution in [1.29, 1.82) is 0 Å². The summed E-state index contributed by atoms with van der Waals surface area (Å²) in [4.78, 5) is 17.9. The van der Waals surface area contributed by atoms with E-state index in [1.807, 2.05) is 24.3 Å². The summed E-state index contributed by atoms with van der Waals surface area (Å²) in [5, 5.41) is 7.17. The maximum atomic E-state index is 12.1. The van der Waals surface area contributed by atoms with Gasteiger partial charge in [-0.25, -0.2) is 4.98 Å². The van der Waals surface area contributed by atoms with Crippen LogP contribution in [0.15, 0.2) is 24.3 Å². The molecule has 3 rings (SSSR count). The van der Waals surface area contributed by atoms with Crippen molar-refractivity contribution in [1.82, 2.24) is 10.3 Å². The Labute approximate surface area is 128 Å². The Balaban J connectivity index is 1.61. The first-order chi connectivity index (χ1) is 10.2. The molecule has 110 valence electrons. The van der Waals surface area contributed by atoms with Gasteiger partial charge in [0.2, 0.25) is 5.91 Å². The Hall–Kier alpha value is -1.72. The lowest BCUT2D eigenvalue weighted by atomic mass is 10.1. The Morgan fingerprint density at radius 2 is 2.19 bits per heavy atom. The molecule has 1 aromatic heterocycles. The van der Waals surface area contributed by atoms with Gasteiger partial charge in [0.05, 0.1) is 12.1 Å². The first-order valence-corrected chi connectivity index (χ1v) is 8.13. The van der Waals surface area contributed by atoms with Gasteiger partial charge in [0.25, 0.3) is 0 Å². The van der Waals surface area contributed by atoms with Crippen molar-refractivity contribution in [3.8, 4) is 0 Å². The Morgan fingerprint density at radius 3 is 2.90 bits per heavy atom. The van der Waals surface area contributed by atoms with E-state index in [0.717, 1.165) is 42.3 Å². The van der Waals surface area contributed by atoms with Gasteiger partial charge in [0, 0.05) is 30.1 Å². The molecule has 2 heterocycles.